The Balaban J connectivity index is 2.07. The lowest BCUT2D eigenvalue weighted by atomic mass is 10.1. The van der Waals surface area contributed by atoms with Crippen LogP contribution in [0.3, 0.4) is 0 Å². The second kappa shape index (κ2) is 6.32. The number of phenols is 2. The highest BCUT2D eigenvalue weighted by Gasteiger charge is 2.14. The minimum Gasteiger partial charge on any atom is -0.508 e. The monoisotopic (exact) mass is 324 g/mol. The van der Waals surface area contributed by atoms with Gasteiger partial charge in [0.25, 0.3) is 0 Å². The third-order valence-electron chi connectivity index (χ3n) is 3.90. The van der Waals surface area contributed by atoms with Gasteiger partial charge in [0.05, 0.1) is 12.7 Å². The Kier molecular flexibility index (Phi) is 4.21. The summed E-state index contributed by atoms with van der Waals surface area (Å²) in [7, 11) is 1.55. The third-order valence-corrected chi connectivity index (χ3v) is 3.90. The van der Waals surface area contributed by atoms with Crippen LogP contribution in [-0.4, -0.2) is 17.3 Å². The van der Waals surface area contributed by atoms with Crippen molar-refractivity contribution in [3.63, 3.8) is 0 Å². The molecule has 24 heavy (non-hydrogen) atoms. The molecule has 0 atom stereocenters. The van der Waals surface area contributed by atoms with Crippen LogP contribution in [0.15, 0.2) is 52.5 Å². The lowest BCUT2D eigenvalue weighted by Gasteiger charge is -2.06. The number of phenolic OH excluding ortho intramolecular Hbond substituents is 2. The molecule has 4 nitrogen and oxygen atoms in total. The number of benzene rings is 2. The zero-order valence-electron chi connectivity index (χ0n) is 14.0. The molecule has 2 N–H and O–H groups in total. The summed E-state index contributed by atoms with van der Waals surface area (Å²) in [5, 5.41) is 20.7. The Morgan fingerprint density at radius 3 is 2.62 bits per heavy atom. The Morgan fingerprint density at radius 1 is 1.12 bits per heavy atom. The van der Waals surface area contributed by atoms with Gasteiger partial charge in [0.2, 0.25) is 0 Å². The molecule has 0 fully saturated rings. The van der Waals surface area contributed by atoms with Gasteiger partial charge in [-0.1, -0.05) is 11.6 Å². The summed E-state index contributed by atoms with van der Waals surface area (Å²) in [5.74, 6) is 1.51. The smallest absolute Gasteiger partial charge is 0.139 e. The molecule has 0 amide bonds. The molecule has 4 heteroatoms. The molecule has 1 heterocycles. The molecular formula is C20H20O4. The number of hydrogen-bond donors (Lipinski definition) is 2. The van der Waals surface area contributed by atoms with Gasteiger partial charge in [-0.15, -0.1) is 0 Å². The maximum atomic E-state index is 10.2. The van der Waals surface area contributed by atoms with Gasteiger partial charge in [-0.2, -0.15) is 0 Å². The molecule has 0 bridgehead atoms. The quantitative estimate of drug-likeness (QED) is 0.661. The minimum atomic E-state index is 0.133. The fraction of sp³-hybridized carbons (Fsp3) is 0.200. The van der Waals surface area contributed by atoms with E-state index >= 15 is 0 Å². The summed E-state index contributed by atoms with van der Waals surface area (Å²) in [6, 6.07) is 10.4. The first-order valence-electron chi connectivity index (χ1n) is 7.74. The number of fused-ring (bicyclic) bond motifs is 1. The zero-order valence-corrected chi connectivity index (χ0v) is 14.0. The Morgan fingerprint density at radius 2 is 1.92 bits per heavy atom. The van der Waals surface area contributed by atoms with Gasteiger partial charge in [-0.3, -0.25) is 0 Å². The van der Waals surface area contributed by atoms with E-state index in [0.717, 1.165) is 16.5 Å². The number of furan rings is 1. The topological polar surface area (TPSA) is 62.8 Å². The van der Waals surface area contributed by atoms with Crippen LogP contribution >= 0.6 is 0 Å². The highest BCUT2D eigenvalue weighted by Crippen LogP contribution is 2.37. The summed E-state index contributed by atoms with van der Waals surface area (Å²) in [6.07, 6.45) is 2.75. The number of aromatic hydroxyl groups is 2. The maximum Gasteiger partial charge on any atom is 0.139 e. The largest absolute Gasteiger partial charge is 0.508 e. The average Bonchev–Trinajstić information content (AvgIpc) is 2.94. The van der Waals surface area contributed by atoms with Gasteiger partial charge >= 0.3 is 0 Å². The van der Waals surface area contributed by atoms with Crippen molar-refractivity contribution in [2.75, 3.05) is 7.11 Å². The minimum absolute atomic E-state index is 0.133. The van der Waals surface area contributed by atoms with E-state index < -0.39 is 0 Å². The van der Waals surface area contributed by atoms with Crippen molar-refractivity contribution in [2.24, 2.45) is 0 Å². The van der Waals surface area contributed by atoms with Crippen molar-refractivity contribution in [3.8, 4) is 28.6 Å². The number of rotatable bonds is 4. The van der Waals surface area contributed by atoms with Crippen molar-refractivity contribution in [3.05, 3.63) is 53.6 Å². The van der Waals surface area contributed by atoms with Gasteiger partial charge in [-0.25, -0.2) is 0 Å². The molecule has 1 aromatic heterocycles. The highest BCUT2D eigenvalue weighted by molar-refractivity contribution is 5.86. The highest BCUT2D eigenvalue weighted by atomic mass is 16.5. The first-order valence-corrected chi connectivity index (χ1v) is 7.74. The summed E-state index contributed by atoms with van der Waals surface area (Å²) in [6.45, 7) is 4.06. The van der Waals surface area contributed by atoms with Crippen LogP contribution in [0.25, 0.3) is 22.3 Å². The van der Waals surface area contributed by atoms with Crippen LogP contribution in [0.1, 0.15) is 19.4 Å². The summed E-state index contributed by atoms with van der Waals surface area (Å²) >= 11 is 0. The van der Waals surface area contributed by atoms with E-state index in [2.05, 4.69) is 6.08 Å². The number of allylic oxidation sites excluding steroid dienone is 2. The molecule has 0 saturated carbocycles. The van der Waals surface area contributed by atoms with Gasteiger partial charge in [0.15, 0.2) is 0 Å². The van der Waals surface area contributed by atoms with E-state index in [1.54, 1.807) is 31.4 Å². The molecule has 0 aliphatic rings. The molecule has 0 saturated heterocycles. The Bertz CT molecular complexity index is 915. The fourth-order valence-corrected chi connectivity index (χ4v) is 2.62. The van der Waals surface area contributed by atoms with E-state index in [1.165, 1.54) is 5.57 Å². The fourth-order valence-electron chi connectivity index (χ4n) is 2.62. The Hall–Kier alpha value is -2.88. The number of hydrogen-bond acceptors (Lipinski definition) is 4. The van der Waals surface area contributed by atoms with E-state index in [0.29, 0.717) is 23.5 Å². The zero-order chi connectivity index (χ0) is 17.3. The van der Waals surface area contributed by atoms with Gasteiger partial charge in [0.1, 0.15) is 28.6 Å². The van der Waals surface area contributed by atoms with Crippen LogP contribution in [0.2, 0.25) is 0 Å². The third kappa shape index (κ3) is 3.08. The van der Waals surface area contributed by atoms with Gasteiger partial charge < -0.3 is 19.4 Å². The van der Waals surface area contributed by atoms with Crippen LogP contribution in [0.4, 0.5) is 0 Å². The van der Waals surface area contributed by atoms with Gasteiger partial charge in [0, 0.05) is 17.5 Å². The number of ether oxygens (including phenoxy) is 1. The molecule has 0 aliphatic heterocycles. The predicted molar refractivity (Wildman–Crippen MR) is 94.7 cm³/mol. The molecule has 3 rings (SSSR count). The maximum absolute atomic E-state index is 10.2. The molecule has 0 spiro atoms. The van der Waals surface area contributed by atoms with Crippen molar-refractivity contribution in [1.82, 2.24) is 0 Å². The lowest BCUT2D eigenvalue weighted by Crippen LogP contribution is -1.86. The molecule has 124 valence electrons. The second-order valence-corrected chi connectivity index (χ2v) is 6.00. The summed E-state index contributed by atoms with van der Waals surface area (Å²) in [4.78, 5) is 0. The number of methoxy groups -OCH3 is 1. The molecule has 0 unspecified atom stereocenters. The van der Waals surface area contributed by atoms with Crippen molar-refractivity contribution in [1.29, 1.82) is 0 Å². The predicted octanol–water partition coefficient (Wildman–Crippen LogP) is 5.03. The Labute approximate surface area is 140 Å². The molecule has 3 aromatic rings. The van der Waals surface area contributed by atoms with Crippen molar-refractivity contribution in [2.45, 2.75) is 20.3 Å². The lowest BCUT2D eigenvalue weighted by molar-refractivity contribution is 0.408. The van der Waals surface area contributed by atoms with E-state index in [4.69, 9.17) is 9.15 Å². The molecule has 2 aromatic carbocycles. The van der Waals surface area contributed by atoms with E-state index in [1.807, 2.05) is 26.0 Å². The normalized spacial score (nSPS) is 10.8. The molecule has 0 radical (unpaired) electrons. The van der Waals surface area contributed by atoms with Crippen molar-refractivity contribution < 1.29 is 19.4 Å². The average molecular weight is 324 g/mol. The second-order valence-electron chi connectivity index (χ2n) is 6.00. The van der Waals surface area contributed by atoms with Crippen LogP contribution < -0.4 is 4.74 Å². The summed E-state index contributed by atoms with van der Waals surface area (Å²) in [5.41, 5.74) is 3.42. The summed E-state index contributed by atoms with van der Waals surface area (Å²) < 4.78 is 11.2. The van der Waals surface area contributed by atoms with Crippen LogP contribution in [0, 0.1) is 0 Å². The van der Waals surface area contributed by atoms with E-state index in [-0.39, 0.29) is 11.5 Å². The first-order chi connectivity index (χ1) is 11.5. The van der Waals surface area contributed by atoms with Crippen LogP contribution in [-0.2, 0) is 6.42 Å². The first kappa shape index (κ1) is 16.0. The van der Waals surface area contributed by atoms with Crippen molar-refractivity contribution >= 4 is 11.0 Å². The van der Waals surface area contributed by atoms with E-state index in [9.17, 15) is 10.2 Å². The van der Waals surface area contributed by atoms with Gasteiger partial charge in [-0.05, 0) is 50.1 Å². The molecule has 0 aliphatic carbocycles. The SMILES string of the molecule is COc1cc(O)ccc1-c1cc2cc(CC=C(C)C)c(O)cc2o1. The molecular weight excluding hydrogens is 304 g/mol. The standard InChI is InChI=1S/C20H20O4/c1-12(2)4-5-13-8-14-9-20(24-18(14)11-17(13)22)16-7-6-15(21)10-19(16)23-3/h4,6-11,21-22H,5H2,1-3H3. The van der Waals surface area contributed by atoms with Crippen LogP contribution in [0.5, 0.6) is 17.2 Å².